The molecule has 0 bridgehead atoms. The topological polar surface area (TPSA) is 52.5 Å². The molecular weight excluding hydrogens is 193 g/mol. The van der Waals surface area contributed by atoms with Crippen molar-refractivity contribution in [3.63, 3.8) is 0 Å². The Kier molecular flexibility index (Phi) is 6.85. The number of hydrogen-bond donors (Lipinski definition) is 0. The van der Waals surface area contributed by atoms with E-state index in [4.69, 9.17) is 0 Å². The second kappa shape index (κ2) is 6.37. The molecule has 0 amide bonds. The fourth-order valence-corrected chi connectivity index (χ4v) is 2.25. The average molecular weight is 199 g/mol. The first-order valence-corrected chi connectivity index (χ1v) is 4.76. The van der Waals surface area contributed by atoms with E-state index >= 15 is 0 Å². The number of carbonyl (C=O) groups excluding carboxylic acids is 1. The van der Waals surface area contributed by atoms with Crippen LogP contribution in [-0.4, -0.2) is 28.4 Å². The molecule has 1 aliphatic rings. The summed E-state index contributed by atoms with van der Waals surface area (Å²) in [5.41, 5.74) is 0. The SMILES string of the molecule is O=C([O-])CSC1=NCCS1.[Na+]. The first-order valence-electron chi connectivity index (χ1n) is 2.79. The molecule has 0 aromatic heterocycles. The van der Waals surface area contributed by atoms with Crippen molar-refractivity contribution in [1.82, 2.24) is 0 Å². The molecular formula is C5H6NNaO2S2. The molecule has 3 nitrogen and oxygen atoms in total. The van der Waals surface area contributed by atoms with E-state index in [1.807, 2.05) is 0 Å². The molecule has 0 saturated carbocycles. The number of hydrogen-bond acceptors (Lipinski definition) is 5. The number of carbonyl (C=O) groups is 1. The van der Waals surface area contributed by atoms with Crippen molar-refractivity contribution in [3.05, 3.63) is 0 Å². The average Bonchev–Trinajstić information content (AvgIpc) is 2.34. The molecule has 0 atom stereocenters. The number of thioether (sulfide) groups is 2. The minimum absolute atomic E-state index is 0. The normalized spacial score (nSPS) is 15.5. The molecule has 0 aromatic rings. The van der Waals surface area contributed by atoms with Gasteiger partial charge in [0.15, 0.2) is 0 Å². The second-order valence-electron chi connectivity index (χ2n) is 1.66. The Morgan fingerprint density at radius 3 is 3.00 bits per heavy atom. The predicted molar refractivity (Wildman–Crippen MR) is 42.2 cm³/mol. The number of aliphatic carboxylic acids is 1. The summed E-state index contributed by atoms with van der Waals surface area (Å²) in [5.74, 6) is -0.0264. The van der Waals surface area contributed by atoms with Gasteiger partial charge in [0.2, 0.25) is 0 Å². The van der Waals surface area contributed by atoms with E-state index < -0.39 is 5.97 Å². The number of aliphatic imine (C=N–C) groups is 1. The summed E-state index contributed by atoms with van der Waals surface area (Å²) in [6.45, 7) is 0.819. The zero-order chi connectivity index (χ0) is 7.40. The van der Waals surface area contributed by atoms with Gasteiger partial charge in [-0.25, -0.2) is 0 Å². The minimum atomic E-state index is -1.03. The first kappa shape index (κ1) is 11.8. The fourth-order valence-electron chi connectivity index (χ4n) is 0.524. The largest absolute Gasteiger partial charge is 1.00 e. The number of rotatable bonds is 2. The van der Waals surface area contributed by atoms with E-state index in [2.05, 4.69) is 4.99 Å². The van der Waals surface area contributed by atoms with Crippen LogP contribution in [0.4, 0.5) is 0 Å². The molecule has 0 fully saturated rings. The van der Waals surface area contributed by atoms with Crippen LogP contribution >= 0.6 is 23.5 Å². The third-order valence-corrected chi connectivity index (χ3v) is 3.10. The van der Waals surface area contributed by atoms with Gasteiger partial charge in [-0.3, -0.25) is 4.99 Å². The molecule has 1 aliphatic heterocycles. The monoisotopic (exact) mass is 199 g/mol. The van der Waals surface area contributed by atoms with E-state index in [0.29, 0.717) is 0 Å². The molecule has 56 valence electrons. The van der Waals surface area contributed by atoms with Crippen molar-refractivity contribution in [2.45, 2.75) is 0 Å². The molecule has 0 spiro atoms. The second-order valence-corrected chi connectivity index (χ2v) is 3.96. The maximum absolute atomic E-state index is 9.96. The van der Waals surface area contributed by atoms with E-state index in [1.54, 1.807) is 11.8 Å². The van der Waals surface area contributed by atoms with Crippen LogP contribution in [0.3, 0.4) is 0 Å². The smallest absolute Gasteiger partial charge is 0.549 e. The molecule has 11 heavy (non-hydrogen) atoms. The van der Waals surface area contributed by atoms with Crippen molar-refractivity contribution in [3.8, 4) is 0 Å². The van der Waals surface area contributed by atoms with Crippen LogP contribution in [0, 0.1) is 0 Å². The minimum Gasteiger partial charge on any atom is -0.549 e. The molecule has 0 saturated heterocycles. The van der Waals surface area contributed by atoms with Gasteiger partial charge in [0.1, 0.15) is 4.38 Å². The summed E-state index contributed by atoms with van der Waals surface area (Å²) in [5, 5.41) is 9.96. The van der Waals surface area contributed by atoms with Gasteiger partial charge in [-0.05, 0) is 0 Å². The van der Waals surface area contributed by atoms with Gasteiger partial charge in [-0.15, -0.1) is 0 Å². The van der Waals surface area contributed by atoms with Crippen LogP contribution in [0.15, 0.2) is 4.99 Å². The Morgan fingerprint density at radius 1 is 1.82 bits per heavy atom. The number of nitrogens with zero attached hydrogens (tertiary/aromatic N) is 1. The maximum Gasteiger partial charge on any atom is 1.00 e. The zero-order valence-electron chi connectivity index (χ0n) is 6.20. The predicted octanol–water partition coefficient (Wildman–Crippen LogP) is -3.42. The summed E-state index contributed by atoms with van der Waals surface area (Å²) >= 11 is 2.85. The van der Waals surface area contributed by atoms with E-state index in [0.717, 1.165) is 16.7 Å². The van der Waals surface area contributed by atoms with E-state index in [9.17, 15) is 9.90 Å². The van der Waals surface area contributed by atoms with Crippen LogP contribution in [0.2, 0.25) is 0 Å². The quantitative estimate of drug-likeness (QED) is 0.435. The third kappa shape index (κ3) is 5.14. The van der Waals surface area contributed by atoms with Crippen molar-refractivity contribution < 1.29 is 39.5 Å². The standard InChI is InChI=1S/C5H7NO2S2.Na/c7-4(8)3-10-5-6-1-2-9-5;/h1-3H2,(H,7,8);/q;+1/p-1. The number of carboxylic acid groups (broad SMARTS) is 1. The molecule has 0 aliphatic carbocycles. The Hall–Kier alpha value is 0.840. The van der Waals surface area contributed by atoms with Crippen LogP contribution in [0.5, 0.6) is 0 Å². The van der Waals surface area contributed by atoms with Gasteiger partial charge in [0.25, 0.3) is 0 Å². The van der Waals surface area contributed by atoms with Gasteiger partial charge in [0, 0.05) is 11.5 Å². The van der Waals surface area contributed by atoms with Crippen LogP contribution in [0.1, 0.15) is 0 Å². The van der Waals surface area contributed by atoms with Gasteiger partial charge >= 0.3 is 29.6 Å². The summed E-state index contributed by atoms with van der Waals surface area (Å²) < 4.78 is 0.879. The van der Waals surface area contributed by atoms with Crippen LogP contribution in [0.25, 0.3) is 0 Å². The van der Waals surface area contributed by atoms with Crippen molar-refractivity contribution >= 4 is 33.9 Å². The van der Waals surface area contributed by atoms with Gasteiger partial charge in [-0.2, -0.15) is 0 Å². The summed E-state index contributed by atoms with van der Waals surface area (Å²) in [4.78, 5) is 14.0. The first-order chi connectivity index (χ1) is 4.79. The summed E-state index contributed by atoms with van der Waals surface area (Å²) in [6, 6.07) is 0. The fraction of sp³-hybridized carbons (Fsp3) is 0.600. The Morgan fingerprint density at radius 2 is 2.55 bits per heavy atom. The molecule has 6 heteroatoms. The summed E-state index contributed by atoms with van der Waals surface area (Å²) in [6.07, 6.45) is 0. The van der Waals surface area contributed by atoms with Crippen molar-refractivity contribution in [2.24, 2.45) is 4.99 Å². The van der Waals surface area contributed by atoms with Gasteiger partial charge in [-0.1, -0.05) is 23.5 Å². The Bertz CT molecular complexity index is 174. The Balaban J connectivity index is 0.000001000. The third-order valence-electron chi connectivity index (χ3n) is 0.871. The molecule has 1 rings (SSSR count). The molecule has 0 unspecified atom stereocenters. The molecule has 0 aromatic carbocycles. The van der Waals surface area contributed by atoms with Crippen molar-refractivity contribution in [2.75, 3.05) is 18.1 Å². The summed E-state index contributed by atoms with van der Waals surface area (Å²) in [7, 11) is 0. The van der Waals surface area contributed by atoms with E-state index in [-0.39, 0.29) is 35.3 Å². The Labute approximate surface area is 95.7 Å². The van der Waals surface area contributed by atoms with Crippen LogP contribution in [-0.2, 0) is 4.79 Å². The zero-order valence-corrected chi connectivity index (χ0v) is 9.83. The molecule has 1 heterocycles. The van der Waals surface area contributed by atoms with Crippen molar-refractivity contribution in [1.29, 1.82) is 0 Å². The molecule has 0 N–H and O–H groups in total. The van der Waals surface area contributed by atoms with Gasteiger partial charge in [0.05, 0.1) is 12.5 Å². The van der Waals surface area contributed by atoms with Crippen LogP contribution < -0.4 is 34.7 Å². The molecule has 0 radical (unpaired) electrons. The van der Waals surface area contributed by atoms with Gasteiger partial charge < -0.3 is 9.90 Å². The number of carboxylic acids is 1. The van der Waals surface area contributed by atoms with E-state index in [1.165, 1.54) is 11.8 Å². The maximum atomic E-state index is 9.96.